The van der Waals surface area contributed by atoms with Gasteiger partial charge in [-0.15, -0.1) is 12.6 Å². The van der Waals surface area contributed by atoms with Crippen LogP contribution in [0.3, 0.4) is 0 Å². The first-order valence-corrected chi connectivity index (χ1v) is 4.00. The molecule has 0 aliphatic heterocycles. The van der Waals surface area contributed by atoms with Gasteiger partial charge >= 0.3 is 6.18 Å². The molecule has 0 aromatic heterocycles. The highest BCUT2D eigenvalue weighted by molar-refractivity contribution is 7.80. The van der Waals surface area contributed by atoms with Crippen LogP contribution in [0.2, 0.25) is 5.02 Å². The topological polar surface area (TPSA) is 26.0 Å². The average molecular weight is 228 g/mol. The third-order valence-electron chi connectivity index (χ3n) is 1.38. The van der Waals surface area contributed by atoms with E-state index in [0.29, 0.717) is 0 Å². The third-order valence-corrected chi connectivity index (χ3v) is 2.03. The number of nitrogen functional groups attached to an aromatic ring is 1. The van der Waals surface area contributed by atoms with Gasteiger partial charge in [0.25, 0.3) is 0 Å². The Kier molecular flexibility index (Phi) is 2.68. The predicted octanol–water partition coefficient (Wildman–Crippen LogP) is 3.23. The van der Waals surface area contributed by atoms with Gasteiger partial charge in [-0.1, -0.05) is 11.6 Å². The summed E-state index contributed by atoms with van der Waals surface area (Å²) < 4.78 is 36.8. The highest BCUT2D eigenvalue weighted by Crippen LogP contribution is 2.39. The Morgan fingerprint density at radius 3 is 2.23 bits per heavy atom. The van der Waals surface area contributed by atoms with Gasteiger partial charge in [0, 0.05) is 10.6 Å². The van der Waals surface area contributed by atoms with Gasteiger partial charge in [0.05, 0.1) is 10.6 Å². The Morgan fingerprint density at radius 1 is 1.31 bits per heavy atom. The van der Waals surface area contributed by atoms with Crippen LogP contribution in [-0.4, -0.2) is 0 Å². The van der Waals surface area contributed by atoms with Crippen LogP contribution in [0.25, 0.3) is 0 Å². The Labute approximate surface area is 83.1 Å². The van der Waals surface area contributed by atoms with Crippen LogP contribution in [-0.2, 0) is 6.18 Å². The summed E-state index contributed by atoms with van der Waals surface area (Å²) in [4.78, 5) is -0.266. The van der Waals surface area contributed by atoms with E-state index in [9.17, 15) is 13.2 Å². The van der Waals surface area contributed by atoms with Crippen LogP contribution in [0, 0.1) is 0 Å². The van der Waals surface area contributed by atoms with E-state index in [-0.39, 0.29) is 10.6 Å². The van der Waals surface area contributed by atoms with Crippen molar-refractivity contribution in [2.24, 2.45) is 0 Å². The highest BCUT2D eigenvalue weighted by atomic mass is 35.5. The maximum atomic E-state index is 12.3. The molecule has 1 aromatic carbocycles. The second-order valence-electron chi connectivity index (χ2n) is 2.39. The van der Waals surface area contributed by atoms with Crippen LogP contribution in [0.5, 0.6) is 0 Å². The number of anilines is 1. The number of thiol groups is 1. The van der Waals surface area contributed by atoms with Gasteiger partial charge in [0.15, 0.2) is 0 Å². The van der Waals surface area contributed by atoms with Crippen molar-refractivity contribution in [1.82, 2.24) is 0 Å². The molecule has 0 saturated carbocycles. The number of hydrogen-bond donors (Lipinski definition) is 2. The summed E-state index contributed by atoms with van der Waals surface area (Å²) >= 11 is 9.02. The zero-order chi connectivity index (χ0) is 10.2. The van der Waals surface area contributed by atoms with Crippen molar-refractivity contribution < 1.29 is 13.2 Å². The number of halogens is 4. The zero-order valence-electron chi connectivity index (χ0n) is 6.19. The van der Waals surface area contributed by atoms with Crippen molar-refractivity contribution in [2.75, 3.05) is 5.73 Å². The van der Waals surface area contributed by atoms with E-state index in [1.54, 1.807) is 0 Å². The van der Waals surface area contributed by atoms with E-state index in [4.69, 9.17) is 17.3 Å². The van der Waals surface area contributed by atoms with Crippen LogP contribution in [0.4, 0.5) is 18.9 Å². The molecule has 1 aromatic rings. The summed E-state index contributed by atoms with van der Waals surface area (Å²) in [5.74, 6) is 0. The Bertz CT molecular complexity index is 314. The van der Waals surface area contributed by atoms with Crippen LogP contribution < -0.4 is 5.73 Å². The van der Waals surface area contributed by atoms with E-state index >= 15 is 0 Å². The number of hydrogen-bond acceptors (Lipinski definition) is 2. The Morgan fingerprint density at radius 2 is 1.85 bits per heavy atom. The number of nitrogens with two attached hydrogens (primary N) is 1. The van der Waals surface area contributed by atoms with E-state index < -0.39 is 16.8 Å². The second kappa shape index (κ2) is 3.31. The van der Waals surface area contributed by atoms with E-state index in [1.165, 1.54) is 0 Å². The molecular weight excluding hydrogens is 223 g/mol. The van der Waals surface area contributed by atoms with Gasteiger partial charge in [-0.3, -0.25) is 0 Å². The fourth-order valence-corrected chi connectivity index (χ4v) is 1.69. The minimum absolute atomic E-state index is 0.156. The van der Waals surface area contributed by atoms with Crippen LogP contribution >= 0.6 is 24.2 Å². The molecule has 0 amide bonds. The fourth-order valence-electron chi connectivity index (χ4n) is 0.893. The number of benzene rings is 1. The lowest BCUT2D eigenvalue weighted by Gasteiger charge is -2.11. The molecule has 72 valence electrons. The minimum Gasteiger partial charge on any atom is -0.399 e. The molecule has 0 fully saturated rings. The maximum Gasteiger partial charge on any atom is 0.418 e. The SMILES string of the molecule is Nc1cc(S)c(C(F)(F)F)c(Cl)c1. The molecule has 1 nitrogen and oxygen atoms in total. The summed E-state index contributed by atoms with van der Waals surface area (Å²) in [6, 6.07) is 2.15. The molecule has 0 atom stereocenters. The largest absolute Gasteiger partial charge is 0.418 e. The molecule has 0 bridgehead atoms. The summed E-state index contributed by atoms with van der Waals surface area (Å²) in [6.45, 7) is 0. The summed E-state index contributed by atoms with van der Waals surface area (Å²) in [6.07, 6.45) is -4.50. The van der Waals surface area contributed by atoms with Crippen molar-refractivity contribution in [1.29, 1.82) is 0 Å². The fraction of sp³-hybridized carbons (Fsp3) is 0.143. The van der Waals surface area contributed by atoms with Crippen molar-refractivity contribution in [3.05, 3.63) is 22.7 Å². The molecule has 2 N–H and O–H groups in total. The van der Waals surface area contributed by atoms with E-state index in [0.717, 1.165) is 12.1 Å². The molecule has 1 rings (SSSR count). The smallest absolute Gasteiger partial charge is 0.399 e. The van der Waals surface area contributed by atoms with Crippen molar-refractivity contribution in [2.45, 2.75) is 11.1 Å². The van der Waals surface area contributed by atoms with Gasteiger partial charge in [0.2, 0.25) is 0 Å². The van der Waals surface area contributed by atoms with E-state index in [1.807, 2.05) is 0 Å². The lowest BCUT2D eigenvalue weighted by molar-refractivity contribution is -0.139. The first kappa shape index (κ1) is 10.5. The van der Waals surface area contributed by atoms with E-state index in [2.05, 4.69) is 12.6 Å². The minimum atomic E-state index is -4.50. The Balaban J connectivity index is 3.38. The molecule has 0 spiro atoms. The third kappa shape index (κ3) is 2.22. The van der Waals surface area contributed by atoms with Crippen molar-refractivity contribution in [3.63, 3.8) is 0 Å². The van der Waals surface area contributed by atoms with Gasteiger partial charge in [-0.25, -0.2) is 0 Å². The average Bonchev–Trinajstić information content (AvgIpc) is 1.78. The molecule has 6 heteroatoms. The molecular formula is C7H5ClF3NS. The molecule has 0 saturated heterocycles. The first-order valence-electron chi connectivity index (χ1n) is 3.17. The van der Waals surface area contributed by atoms with Crippen molar-refractivity contribution >= 4 is 29.9 Å². The quantitative estimate of drug-likeness (QED) is 0.517. The van der Waals surface area contributed by atoms with Gasteiger partial charge in [-0.05, 0) is 12.1 Å². The zero-order valence-corrected chi connectivity index (χ0v) is 7.84. The molecule has 0 aliphatic rings. The van der Waals surface area contributed by atoms with Gasteiger partial charge < -0.3 is 5.73 Å². The van der Waals surface area contributed by atoms with Gasteiger partial charge in [-0.2, -0.15) is 13.2 Å². The second-order valence-corrected chi connectivity index (χ2v) is 3.28. The van der Waals surface area contributed by atoms with Crippen molar-refractivity contribution in [3.8, 4) is 0 Å². The lowest BCUT2D eigenvalue weighted by atomic mass is 10.2. The molecule has 0 aliphatic carbocycles. The maximum absolute atomic E-state index is 12.3. The summed E-state index contributed by atoms with van der Waals surface area (Å²) in [7, 11) is 0. The standard InChI is InChI=1S/C7H5ClF3NS/c8-4-1-3(12)2-5(13)6(4)7(9,10)11/h1-2,13H,12H2. The number of alkyl halides is 3. The predicted molar refractivity (Wildman–Crippen MR) is 48.1 cm³/mol. The highest BCUT2D eigenvalue weighted by Gasteiger charge is 2.35. The molecule has 0 heterocycles. The molecule has 0 radical (unpaired) electrons. The monoisotopic (exact) mass is 227 g/mol. The summed E-state index contributed by atoms with van der Waals surface area (Å²) in [5, 5.41) is -0.433. The Hall–Kier alpha value is -0.550. The normalized spacial score (nSPS) is 11.8. The van der Waals surface area contributed by atoms with Crippen LogP contribution in [0.1, 0.15) is 5.56 Å². The van der Waals surface area contributed by atoms with Crippen LogP contribution in [0.15, 0.2) is 17.0 Å². The lowest BCUT2D eigenvalue weighted by Crippen LogP contribution is -2.07. The molecule has 0 unspecified atom stereocenters. The first-order chi connectivity index (χ1) is 5.82. The summed E-state index contributed by atoms with van der Waals surface area (Å²) in [5.41, 5.74) is 4.47. The molecule has 13 heavy (non-hydrogen) atoms. The van der Waals surface area contributed by atoms with Gasteiger partial charge in [0.1, 0.15) is 0 Å². The number of rotatable bonds is 0.